The Hall–Kier alpha value is -0.0400. The minimum absolute atomic E-state index is 0.489. The van der Waals surface area contributed by atoms with Gasteiger partial charge in [-0.3, -0.25) is 0 Å². The van der Waals surface area contributed by atoms with Crippen LogP contribution in [0.3, 0.4) is 0 Å². The van der Waals surface area contributed by atoms with Crippen molar-refractivity contribution in [2.45, 2.75) is 53.4 Å². The van der Waals surface area contributed by atoms with Crippen molar-refractivity contribution < 1.29 is 0 Å². The summed E-state index contributed by atoms with van der Waals surface area (Å²) in [7, 11) is 0. The van der Waals surface area contributed by atoms with Gasteiger partial charge in [-0.15, -0.1) is 0 Å². The summed E-state index contributed by atoms with van der Waals surface area (Å²) in [6, 6.07) is 0. The van der Waals surface area contributed by atoms with E-state index in [0.29, 0.717) is 5.41 Å². The predicted molar refractivity (Wildman–Crippen MR) is 56.5 cm³/mol. The zero-order chi connectivity index (χ0) is 9.45. The second-order valence-corrected chi connectivity index (χ2v) is 4.44. The van der Waals surface area contributed by atoms with Gasteiger partial charge in [0.15, 0.2) is 0 Å². The normalized spacial score (nSPS) is 12.0. The molecule has 0 aliphatic rings. The Kier molecular flexibility index (Phi) is 6.45. The third kappa shape index (κ3) is 6.66. The second kappa shape index (κ2) is 6.47. The molecule has 12 heavy (non-hydrogen) atoms. The number of rotatable bonds is 7. The number of hydrogen-bond acceptors (Lipinski definition) is 1. The predicted octanol–water partition coefficient (Wildman–Crippen LogP) is 3.20. The first-order chi connectivity index (χ1) is 5.62. The molecule has 0 radical (unpaired) electrons. The molecule has 0 saturated heterocycles. The first kappa shape index (κ1) is 12.0. The highest BCUT2D eigenvalue weighted by Crippen LogP contribution is 2.20. The number of nitrogens with one attached hydrogen (secondary N) is 1. The minimum Gasteiger partial charge on any atom is -0.316 e. The lowest BCUT2D eigenvalue weighted by Gasteiger charge is -2.24. The third-order valence-corrected chi connectivity index (χ3v) is 2.24. The van der Waals surface area contributed by atoms with Crippen molar-refractivity contribution in [3.63, 3.8) is 0 Å². The van der Waals surface area contributed by atoms with Gasteiger partial charge in [0, 0.05) is 6.54 Å². The third-order valence-electron chi connectivity index (χ3n) is 2.24. The molecule has 1 nitrogen and oxygen atoms in total. The van der Waals surface area contributed by atoms with Crippen LogP contribution in [-0.4, -0.2) is 13.1 Å². The summed E-state index contributed by atoms with van der Waals surface area (Å²) in [5.41, 5.74) is 0.489. The quantitative estimate of drug-likeness (QED) is 0.580. The fourth-order valence-corrected chi connectivity index (χ4v) is 1.49. The van der Waals surface area contributed by atoms with E-state index in [4.69, 9.17) is 0 Å². The molecule has 0 aliphatic carbocycles. The molecule has 0 aromatic rings. The molecule has 0 aliphatic heterocycles. The Morgan fingerprint density at radius 1 is 1.08 bits per heavy atom. The molecule has 1 heteroatoms. The zero-order valence-electron chi connectivity index (χ0n) is 9.24. The van der Waals surface area contributed by atoms with Gasteiger partial charge in [-0.05, 0) is 24.8 Å². The topological polar surface area (TPSA) is 12.0 Å². The van der Waals surface area contributed by atoms with Gasteiger partial charge in [0.25, 0.3) is 0 Å². The molecular formula is C11H25N. The Bertz CT molecular complexity index is 97.2. The smallest absolute Gasteiger partial charge is 0.000251 e. The van der Waals surface area contributed by atoms with Gasteiger partial charge in [0.1, 0.15) is 0 Å². The molecule has 1 N–H and O–H groups in total. The summed E-state index contributed by atoms with van der Waals surface area (Å²) in [5.74, 6) is 0. The van der Waals surface area contributed by atoms with E-state index in [-0.39, 0.29) is 0 Å². The van der Waals surface area contributed by atoms with Crippen LogP contribution in [0.25, 0.3) is 0 Å². The van der Waals surface area contributed by atoms with E-state index in [1.54, 1.807) is 0 Å². The molecule has 74 valence electrons. The lowest BCUT2D eigenvalue weighted by molar-refractivity contribution is 0.311. The molecule has 0 spiro atoms. The van der Waals surface area contributed by atoms with Gasteiger partial charge in [-0.1, -0.05) is 40.5 Å². The van der Waals surface area contributed by atoms with Crippen LogP contribution in [0.15, 0.2) is 0 Å². The van der Waals surface area contributed by atoms with Gasteiger partial charge < -0.3 is 5.32 Å². The maximum absolute atomic E-state index is 3.51. The van der Waals surface area contributed by atoms with Crippen LogP contribution in [0.2, 0.25) is 0 Å². The van der Waals surface area contributed by atoms with E-state index >= 15 is 0 Å². The summed E-state index contributed by atoms with van der Waals surface area (Å²) in [6.45, 7) is 11.5. The highest BCUT2D eigenvalue weighted by atomic mass is 14.9. The first-order valence-electron chi connectivity index (χ1n) is 5.33. The van der Waals surface area contributed by atoms with Crippen molar-refractivity contribution in [3.8, 4) is 0 Å². The van der Waals surface area contributed by atoms with Crippen molar-refractivity contribution in [2.75, 3.05) is 13.1 Å². The zero-order valence-corrected chi connectivity index (χ0v) is 9.24. The van der Waals surface area contributed by atoms with Crippen LogP contribution in [0.5, 0.6) is 0 Å². The monoisotopic (exact) mass is 171 g/mol. The van der Waals surface area contributed by atoms with Crippen LogP contribution < -0.4 is 5.32 Å². The van der Waals surface area contributed by atoms with E-state index in [2.05, 4.69) is 33.0 Å². The van der Waals surface area contributed by atoms with Crippen molar-refractivity contribution >= 4 is 0 Å². The lowest BCUT2D eigenvalue weighted by Crippen LogP contribution is -2.29. The molecule has 0 aromatic heterocycles. The summed E-state index contributed by atoms with van der Waals surface area (Å²) >= 11 is 0. The highest BCUT2D eigenvalue weighted by Gasteiger charge is 2.14. The lowest BCUT2D eigenvalue weighted by atomic mass is 9.88. The van der Waals surface area contributed by atoms with Gasteiger partial charge in [0.2, 0.25) is 0 Å². The van der Waals surface area contributed by atoms with Crippen LogP contribution in [0.1, 0.15) is 53.4 Å². The summed E-state index contributed by atoms with van der Waals surface area (Å²) in [4.78, 5) is 0. The van der Waals surface area contributed by atoms with Crippen molar-refractivity contribution in [3.05, 3.63) is 0 Å². The van der Waals surface area contributed by atoms with Crippen LogP contribution in [0.4, 0.5) is 0 Å². The maximum atomic E-state index is 3.51. The highest BCUT2D eigenvalue weighted by molar-refractivity contribution is 4.70. The number of unbranched alkanes of at least 4 members (excludes halogenated alkanes) is 1. The Morgan fingerprint density at radius 3 is 2.25 bits per heavy atom. The van der Waals surface area contributed by atoms with E-state index in [0.717, 1.165) is 0 Å². The molecule has 0 amide bonds. The summed E-state index contributed by atoms with van der Waals surface area (Å²) in [5, 5.41) is 3.51. The molecule has 0 saturated carbocycles. The van der Waals surface area contributed by atoms with Crippen molar-refractivity contribution in [1.29, 1.82) is 0 Å². The largest absolute Gasteiger partial charge is 0.316 e. The average molecular weight is 171 g/mol. The Balaban J connectivity index is 3.33. The SMILES string of the molecule is CCCCNCC(C)(C)CCC. The maximum Gasteiger partial charge on any atom is 0.000251 e. The van der Waals surface area contributed by atoms with Gasteiger partial charge in [0.05, 0.1) is 0 Å². The summed E-state index contributed by atoms with van der Waals surface area (Å²) in [6.07, 6.45) is 5.22. The van der Waals surface area contributed by atoms with Crippen molar-refractivity contribution in [1.82, 2.24) is 5.32 Å². The number of hydrogen-bond donors (Lipinski definition) is 1. The molecule has 0 fully saturated rings. The molecule has 0 atom stereocenters. The minimum atomic E-state index is 0.489. The Labute approximate surface area is 77.9 Å². The molecule has 0 bridgehead atoms. The fraction of sp³-hybridized carbons (Fsp3) is 1.00. The second-order valence-electron chi connectivity index (χ2n) is 4.44. The molecule has 0 aromatic carbocycles. The van der Waals surface area contributed by atoms with E-state index < -0.39 is 0 Å². The Morgan fingerprint density at radius 2 is 1.75 bits per heavy atom. The van der Waals surface area contributed by atoms with Crippen molar-refractivity contribution in [2.24, 2.45) is 5.41 Å². The van der Waals surface area contributed by atoms with Gasteiger partial charge in [-0.25, -0.2) is 0 Å². The van der Waals surface area contributed by atoms with Gasteiger partial charge >= 0.3 is 0 Å². The molecule has 0 rings (SSSR count). The van der Waals surface area contributed by atoms with Gasteiger partial charge in [-0.2, -0.15) is 0 Å². The molecule has 0 heterocycles. The average Bonchev–Trinajstić information content (AvgIpc) is 1.98. The van der Waals surface area contributed by atoms with E-state index in [1.807, 2.05) is 0 Å². The van der Waals surface area contributed by atoms with Crippen LogP contribution in [0, 0.1) is 5.41 Å². The van der Waals surface area contributed by atoms with Crippen LogP contribution in [-0.2, 0) is 0 Å². The van der Waals surface area contributed by atoms with E-state index in [1.165, 1.54) is 38.8 Å². The summed E-state index contributed by atoms with van der Waals surface area (Å²) < 4.78 is 0. The standard InChI is InChI=1S/C11H25N/c1-5-7-9-12-10-11(3,4)8-6-2/h12H,5-10H2,1-4H3. The molecular weight excluding hydrogens is 146 g/mol. The van der Waals surface area contributed by atoms with Crippen LogP contribution >= 0.6 is 0 Å². The van der Waals surface area contributed by atoms with E-state index in [9.17, 15) is 0 Å². The fourth-order valence-electron chi connectivity index (χ4n) is 1.49. The first-order valence-corrected chi connectivity index (χ1v) is 5.33. The molecule has 0 unspecified atom stereocenters.